The first kappa shape index (κ1) is 22.5. The summed E-state index contributed by atoms with van der Waals surface area (Å²) < 4.78 is 5.37. The van der Waals surface area contributed by atoms with Crippen LogP contribution in [-0.2, 0) is 9.59 Å². The molecule has 0 bridgehead atoms. The number of hydrogen-bond donors (Lipinski definition) is 2. The molecule has 2 aromatic carbocycles. The largest absolute Gasteiger partial charge is 0.494 e. The second-order valence-corrected chi connectivity index (χ2v) is 7.52. The van der Waals surface area contributed by atoms with Gasteiger partial charge in [0, 0.05) is 23.3 Å². The number of carbonyl (C=O) groups excluding carboxylic acids is 3. The lowest BCUT2D eigenvalue weighted by molar-refractivity contribution is -0.130. The van der Waals surface area contributed by atoms with E-state index in [9.17, 15) is 14.4 Å². The molecule has 0 aromatic heterocycles. The predicted molar refractivity (Wildman–Crippen MR) is 121 cm³/mol. The van der Waals surface area contributed by atoms with Gasteiger partial charge in [0.15, 0.2) is 5.11 Å². The van der Waals surface area contributed by atoms with E-state index in [-0.39, 0.29) is 17.4 Å². The van der Waals surface area contributed by atoms with Crippen LogP contribution in [0.25, 0.3) is 0 Å². The molecule has 2 N–H and O–H groups in total. The summed E-state index contributed by atoms with van der Waals surface area (Å²) >= 11 is 11.1. The van der Waals surface area contributed by atoms with E-state index in [1.54, 1.807) is 48.5 Å². The minimum Gasteiger partial charge on any atom is -0.494 e. The minimum absolute atomic E-state index is 0.103. The van der Waals surface area contributed by atoms with Crippen molar-refractivity contribution in [3.8, 4) is 5.75 Å². The molecule has 3 rings (SSSR count). The van der Waals surface area contributed by atoms with Gasteiger partial charge in [-0.3, -0.25) is 24.7 Å². The summed E-state index contributed by atoms with van der Waals surface area (Å²) in [7, 11) is 1.50. The van der Waals surface area contributed by atoms with E-state index in [2.05, 4.69) is 10.7 Å². The maximum atomic E-state index is 12.6. The molecule has 10 heteroatoms. The molecule has 1 atom stereocenters. The molecule has 2 aromatic rings. The average molecular weight is 461 g/mol. The molecule has 0 radical (unpaired) electrons. The van der Waals surface area contributed by atoms with Crippen LogP contribution in [0.2, 0.25) is 5.02 Å². The number of halogens is 1. The van der Waals surface area contributed by atoms with E-state index < -0.39 is 17.9 Å². The zero-order valence-electron chi connectivity index (χ0n) is 16.9. The lowest BCUT2D eigenvalue weighted by Gasteiger charge is -2.24. The summed E-state index contributed by atoms with van der Waals surface area (Å²) in [6, 6.07) is 12.2. The van der Waals surface area contributed by atoms with E-state index in [1.165, 1.54) is 17.0 Å². The minimum atomic E-state index is -0.962. The molecule has 8 nitrogen and oxygen atoms in total. The van der Waals surface area contributed by atoms with Crippen molar-refractivity contribution < 1.29 is 19.1 Å². The van der Waals surface area contributed by atoms with Crippen LogP contribution in [0.5, 0.6) is 5.75 Å². The van der Waals surface area contributed by atoms with Crippen LogP contribution in [0.4, 0.5) is 5.69 Å². The molecule has 0 spiro atoms. The number of thiocarbonyl (C=S) groups is 1. The van der Waals surface area contributed by atoms with Gasteiger partial charge in [-0.25, -0.2) is 5.01 Å². The fraction of sp³-hybridized carbons (Fsp3) is 0.238. The van der Waals surface area contributed by atoms with Gasteiger partial charge in [0.2, 0.25) is 5.91 Å². The summed E-state index contributed by atoms with van der Waals surface area (Å²) in [5.41, 5.74) is 3.52. The fourth-order valence-corrected chi connectivity index (χ4v) is 3.38. The van der Waals surface area contributed by atoms with Crippen molar-refractivity contribution in [2.24, 2.45) is 0 Å². The van der Waals surface area contributed by atoms with E-state index in [4.69, 9.17) is 28.6 Å². The smallest absolute Gasteiger partial charge is 0.269 e. The van der Waals surface area contributed by atoms with Crippen molar-refractivity contribution in [1.29, 1.82) is 0 Å². The number of rotatable bonds is 7. The molecular weight excluding hydrogens is 440 g/mol. The third-order valence-corrected chi connectivity index (χ3v) is 5.30. The Morgan fingerprint density at radius 1 is 1.13 bits per heavy atom. The average Bonchev–Trinajstić information content (AvgIpc) is 2.94. The molecule has 0 saturated carbocycles. The maximum Gasteiger partial charge on any atom is 0.269 e. The molecule has 1 saturated heterocycles. The number of benzene rings is 2. The van der Waals surface area contributed by atoms with Gasteiger partial charge in [-0.05, 0) is 67.7 Å². The van der Waals surface area contributed by atoms with Gasteiger partial charge in [0.25, 0.3) is 11.8 Å². The zero-order chi connectivity index (χ0) is 22.5. The highest BCUT2D eigenvalue weighted by molar-refractivity contribution is 7.80. The van der Waals surface area contributed by atoms with Crippen LogP contribution in [0, 0.1) is 0 Å². The Morgan fingerprint density at radius 3 is 2.39 bits per heavy atom. The van der Waals surface area contributed by atoms with Crippen molar-refractivity contribution in [3.63, 3.8) is 0 Å². The molecule has 0 aliphatic carbocycles. The van der Waals surface area contributed by atoms with Gasteiger partial charge < -0.3 is 10.1 Å². The second kappa shape index (κ2) is 9.76. The Labute approximate surface area is 190 Å². The molecule has 3 amide bonds. The highest BCUT2D eigenvalue weighted by Gasteiger charge is 2.42. The normalized spacial score (nSPS) is 15.8. The molecule has 31 heavy (non-hydrogen) atoms. The SMILES string of the molecule is CCOc1ccc(NC(=O)CC2C(=O)N(C)C(=S)N2NC(=O)c2ccc(Cl)cc2)cc1. The van der Waals surface area contributed by atoms with E-state index in [1.807, 2.05) is 6.92 Å². The second-order valence-electron chi connectivity index (χ2n) is 6.72. The number of hydrogen-bond acceptors (Lipinski definition) is 5. The first-order valence-corrected chi connectivity index (χ1v) is 10.3. The van der Waals surface area contributed by atoms with Gasteiger partial charge in [0.1, 0.15) is 11.8 Å². The quantitative estimate of drug-likeness (QED) is 0.617. The predicted octanol–water partition coefficient (Wildman–Crippen LogP) is 2.84. The number of carbonyl (C=O) groups is 3. The number of nitrogens with zero attached hydrogens (tertiary/aromatic N) is 2. The van der Waals surface area contributed by atoms with Crippen LogP contribution in [0.1, 0.15) is 23.7 Å². The summed E-state index contributed by atoms with van der Waals surface area (Å²) in [6.07, 6.45) is -0.197. The molecule has 1 unspecified atom stereocenters. The van der Waals surface area contributed by atoms with Gasteiger partial charge in [0.05, 0.1) is 13.0 Å². The highest BCUT2D eigenvalue weighted by Crippen LogP contribution is 2.20. The van der Waals surface area contributed by atoms with Crippen LogP contribution in [0.15, 0.2) is 48.5 Å². The summed E-state index contributed by atoms with van der Waals surface area (Å²) in [5.74, 6) is -0.567. The fourth-order valence-electron chi connectivity index (χ4n) is 2.99. The number of hydrazine groups is 1. The Balaban J connectivity index is 1.68. The van der Waals surface area contributed by atoms with Crippen molar-refractivity contribution in [2.45, 2.75) is 19.4 Å². The Hall–Kier alpha value is -3.17. The molecular formula is C21H21ClN4O4S. The van der Waals surface area contributed by atoms with Crippen LogP contribution >= 0.6 is 23.8 Å². The molecule has 162 valence electrons. The molecule has 1 heterocycles. The summed E-state index contributed by atoms with van der Waals surface area (Å²) in [6.45, 7) is 2.42. The Kier molecular flexibility index (Phi) is 7.09. The standard InChI is InChI=1S/C21H21ClN4O4S/c1-3-30-16-10-8-15(9-11-16)23-18(27)12-17-20(29)25(2)21(31)26(17)24-19(28)13-4-6-14(22)7-5-13/h4-11,17H,3,12H2,1-2H3,(H,23,27)(H,24,28). The first-order chi connectivity index (χ1) is 14.8. The van der Waals surface area contributed by atoms with E-state index in [0.29, 0.717) is 28.6 Å². The highest BCUT2D eigenvalue weighted by atomic mass is 35.5. The van der Waals surface area contributed by atoms with Gasteiger partial charge in [-0.15, -0.1) is 0 Å². The number of nitrogens with one attached hydrogen (secondary N) is 2. The third kappa shape index (κ3) is 5.31. The van der Waals surface area contributed by atoms with Crippen LogP contribution in [0.3, 0.4) is 0 Å². The number of amides is 3. The van der Waals surface area contributed by atoms with Crippen molar-refractivity contribution in [1.82, 2.24) is 15.3 Å². The monoisotopic (exact) mass is 460 g/mol. The third-order valence-electron chi connectivity index (χ3n) is 4.58. The van der Waals surface area contributed by atoms with Crippen molar-refractivity contribution in [2.75, 3.05) is 19.0 Å². The van der Waals surface area contributed by atoms with Gasteiger partial charge >= 0.3 is 0 Å². The van der Waals surface area contributed by atoms with Crippen LogP contribution in [-0.4, -0.2) is 52.4 Å². The van der Waals surface area contributed by atoms with Crippen molar-refractivity contribution >= 4 is 52.3 Å². The lowest BCUT2D eigenvalue weighted by Crippen LogP contribution is -2.49. The summed E-state index contributed by atoms with van der Waals surface area (Å²) in [4.78, 5) is 39.0. The van der Waals surface area contributed by atoms with E-state index in [0.717, 1.165) is 0 Å². The number of likely N-dealkylation sites (N-methyl/N-ethyl adjacent to an activating group) is 1. The molecule has 1 fully saturated rings. The Morgan fingerprint density at radius 2 is 1.77 bits per heavy atom. The number of ether oxygens (including phenoxy) is 1. The van der Waals surface area contributed by atoms with Gasteiger partial charge in [-0.1, -0.05) is 11.6 Å². The first-order valence-electron chi connectivity index (χ1n) is 9.50. The molecule has 1 aliphatic rings. The van der Waals surface area contributed by atoms with Gasteiger partial charge in [-0.2, -0.15) is 0 Å². The summed E-state index contributed by atoms with van der Waals surface area (Å²) in [5, 5.41) is 4.58. The van der Waals surface area contributed by atoms with Crippen molar-refractivity contribution in [3.05, 3.63) is 59.1 Å². The topological polar surface area (TPSA) is 91.0 Å². The van der Waals surface area contributed by atoms with Crippen LogP contribution < -0.4 is 15.5 Å². The van der Waals surface area contributed by atoms with E-state index >= 15 is 0 Å². The maximum absolute atomic E-state index is 12.6. The Bertz CT molecular complexity index is 997. The zero-order valence-corrected chi connectivity index (χ0v) is 18.5. The lowest BCUT2D eigenvalue weighted by atomic mass is 10.2. The number of anilines is 1. The molecule has 1 aliphatic heterocycles.